The van der Waals surface area contributed by atoms with E-state index in [2.05, 4.69) is 9.97 Å². The smallest absolute Gasteiger partial charge is 0.328 e. The van der Waals surface area contributed by atoms with Crippen molar-refractivity contribution < 1.29 is 4.74 Å². The number of aromatic nitrogens is 2. The summed E-state index contributed by atoms with van der Waals surface area (Å²) in [5.74, 6) is 0.507. The zero-order valence-electron chi connectivity index (χ0n) is 9.41. The number of hydrogen-bond acceptors (Lipinski definition) is 3. The lowest BCUT2D eigenvalue weighted by Gasteiger charge is -2.24. The number of H-pyrrole nitrogens is 2. The molecule has 1 aromatic heterocycles. The van der Waals surface area contributed by atoms with Crippen LogP contribution in [0.4, 0.5) is 0 Å². The Labute approximate surface area is 106 Å². The summed E-state index contributed by atoms with van der Waals surface area (Å²) in [5, 5.41) is 0.538. The molecule has 0 radical (unpaired) electrons. The van der Waals surface area contributed by atoms with Gasteiger partial charge < -0.3 is 4.74 Å². The average molecular weight is 265 g/mol. The van der Waals surface area contributed by atoms with E-state index in [1.807, 2.05) is 6.92 Å². The van der Waals surface area contributed by atoms with Gasteiger partial charge >= 0.3 is 5.69 Å². The molecule has 2 heterocycles. The van der Waals surface area contributed by atoms with Crippen LogP contribution in [0.15, 0.2) is 27.8 Å². The van der Waals surface area contributed by atoms with Gasteiger partial charge in [0.15, 0.2) is 0 Å². The fourth-order valence-electron chi connectivity index (χ4n) is 2.23. The Hall–Kier alpha value is -2.01. The van der Waals surface area contributed by atoms with E-state index in [0.717, 1.165) is 5.56 Å². The van der Waals surface area contributed by atoms with Crippen molar-refractivity contribution in [1.82, 2.24) is 9.97 Å². The van der Waals surface area contributed by atoms with Gasteiger partial charge in [-0.05, 0) is 12.1 Å². The van der Waals surface area contributed by atoms with E-state index in [0.29, 0.717) is 16.3 Å². The molecule has 92 valence electrons. The van der Waals surface area contributed by atoms with Crippen molar-refractivity contribution in [2.24, 2.45) is 0 Å². The van der Waals surface area contributed by atoms with Gasteiger partial charge in [0.25, 0.3) is 5.56 Å². The molecule has 1 unspecified atom stereocenters. The largest absolute Gasteiger partial charge is 0.440 e. The number of halogens is 1. The zero-order valence-corrected chi connectivity index (χ0v) is 10.2. The number of hydrogen-bond donors (Lipinski definition) is 2. The third-order valence-electron chi connectivity index (χ3n) is 3.03. The first-order valence-electron chi connectivity index (χ1n) is 5.40. The van der Waals surface area contributed by atoms with Crippen molar-refractivity contribution in [3.8, 4) is 11.6 Å². The average Bonchev–Trinajstić information content (AvgIpc) is 2.27. The van der Waals surface area contributed by atoms with Crippen molar-refractivity contribution in [2.45, 2.75) is 12.8 Å². The molecule has 2 N–H and O–H groups in total. The number of nitrogens with one attached hydrogen (secondary N) is 2. The minimum atomic E-state index is -0.587. The van der Waals surface area contributed by atoms with E-state index in [1.165, 1.54) is 0 Å². The number of rotatable bonds is 0. The topological polar surface area (TPSA) is 75.0 Å². The fourth-order valence-corrected chi connectivity index (χ4v) is 2.56. The van der Waals surface area contributed by atoms with Gasteiger partial charge in [-0.3, -0.25) is 14.8 Å². The monoisotopic (exact) mass is 264 g/mol. The minimum absolute atomic E-state index is 0.186. The van der Waals surface area contributed by atoms with E-state index in [-0.39, 0.29) is 11.8 Å². The fraction of sp³-hybridized carbons (Fsp3) is 0.167. The summed E-state index contributed by atoms with van der Waals surface area (Å²) in [6.45, 7) is 1.85. The van der Waals surface area contributed by atoms with Crippen LogP contribution < -0.4 is 16.0 Å². The van der Waals surface area contributed by atoms with Crippen LogP contribution in [0.3, 0.4) is 0 Å². The molecular formula is C12H9ClN2O3. The van der Waals surface area contributed by atoms with Crippen LogP contribution in [0.5, 0.6) is 11.6 Å². The van der Waals surface area contributed by atoms with Crippen molar-refractivity contribution in [3.63, 3.8) is 0 Å². The number of benzene rings is 1. The molecule has 0 spiro atoms. The summed E-state index contributed by atoms with van der Waals surface area (Å²) in [4.78, 5) is 27.7. The van der Waals surface area contributed by atoms with Gasteiger partial charge in [-0.25, -0.2) is 4.79 Å². The second-order valence-electron chi connectivity index (χ2n) is 4.13. The second kappa shape index (κ2) is 3.74. The van der Waals surface area contributed by atoms with Crippen LogP contribution in [0, 0.1) is 0 Å². The predicted molar refractivity (Wildman–Crippen MR) is 66.7 cm³/mol. The molecule has 18 heavy (non-hydrogen) atoms. The lowest BCUT2D eigenvalue weighted by atomic mass is 9.92. The van der Waals surface area contributed by atoms with Crippen LogP contribution in [0.25, 0.3) is 0 Å². The van der Waals surface area contributed by atoms with E-state index in [9.17, 15) is 9.59 Å². The minimum Gasteiger partial charge on any atom is -0.440 e. The second-order valence-corrected chi connectivity index (χ2v) is 4.53. The molecule has 1 aliphatic rings. The van der Waals surface area contributed by atoms with E-state index < -0.39 is 11.2 Å². The van der Waals surface area contributed by atoms with E-state index in [4.69, 9.17) is 16.3 Å². The zero-order chi connectivity index (χ0) is 12.9. The summed E-state index contributed by atoms with van der Waals surface area (Å²) >= 11 is 6.12. The predicted octanol–water partition coefficient (Wildman–Crippen LogP) is 1.97. The quantitative estimate of drug-likeness (QED) is 0.764. The lowest BCUT2D eigenvalue weighted by molar-refractivity contribution is 0.425. The first-order chi connectivity index (χ1) is 8.58. The van der Waals surface area contributed by atoms with Gasteiger partial charge in [-0.2, -0.15) is 0 Å². The number of ether oxygens (including phenoxy) is 1. The van der Waals surface area contributed by atoms with Gasteiger partial charge in [0.2, 0.25) is 5.88 Å². The first kappa shape index (κ1) is 11.1. The third-order valence-corrected chi connectivity index (χ3v) is 3.36. The van der Waals surface area contributed by atoms with Gasteiger partial charge in [-0.1, -0.05) is 24.6 Å². The molecular weight excluding hydrogens is 256 g/mol. The summed E-state index contributed by atoms with van der Waals surface area (Å²) in [6.07, 6.45) is 0. The SMILES string of the molecule is CC1c2c(Cl)cccc2Oc2[nH]c(=O)[nH]c(=O)c21. The van der Waals surface area contributed by atoms with Gasteiger partial charge in [0.1, 0.15) is 5.75 Å². The van der Waals surface area contributed by atoms with Crippen LogP contribution in [0.2, 0.25) is 5.02 Å². The highest BCUT2D eigenvalue weighted by Gasteiger charge is 2.29. The molecule has 0 saturated carbocycles. The Bertz CT molecular complexity index is 748. The third kappa shape index (κ3) is 1.48. The van der Waals surface area contributed by atoms with Gasteiger partial charge in [-0.15, -0.1) is 0 Å². The molecule has 2 aromatic rings. The molecule has 3 rings (SSSR count). The first-order valence-corrected chi connectivity index (χ1v) is 5.78. The van der Waals surface area contributed by atoms with Crippen LogP contribution in [0.1, 0.15) is 24.0 Å². The summed E-state index contributed by atoms with van der Waals surface area (Å²) in [6, 6.07) is 5.25. The van der Waals surface area contributed by atoms with E-state index >= 15 is 0 Å². The standard InChI is InChI=1S/C12H9ClN2O3/c1-5-8-6(13)3-2-4-7(8)18-11-9(5)10(16)14-12(17)15-11/h2-5H,1H3,(H2,14,15,16,17). The van der Waals surface area contributed by atoms with Crippen molar-refractivity contribution >= 4 is 11.6 Å². The van der Waals surface area contributed by atoms with Gasteiger partial charge in [0.05, 0.1) is 5.56 Å². The molecule has 1 atom stereocenters. The summed E-state index contributed by atoms with van der Waals surface area (Å²) in [7, 11) is 0. The highest BCUT2D eigenvalue weighted by Crippen LogP contribution is 2.43. The maximum absolute atomic E-state index is 11.8. The molecule has 6 heteroatoms. The summed E-state index contributed by atoms with van der Waals surface area (Å²) < 4.78 is 5.53. The lowest BCUT2D eigenvalue weighted by Crippen LogP contribution is -2.29. The number of aromatic amines is 2. The highest BCUT2D eigenvalue weighted by molar-refractivity contribution is 6.31. The highest BCUT2D eigenvalue weighted by atomic mass is 35.5. The molecule has 1 aliphatic heterocycles. The van der Waals surface area contributed by atoms with Crippen LogP contribution in [-0.2, 0) is 0 Å². The van der Waals surface area contributed by atoms with E-state index in [1.54, 1.807) is 18.2 Å². The van der Waals surface area contributed by atoms with Crippen molar-refractivity contribution in [2.75, 3.05) is 0 Å². The number of fused-ring (bicyclic) bond motifs is 2. The Kier molecular flexibility index (Phi) is 2.31. The van der Waals surface area contributed by atoms with Gasteiger partial charge in [0, 0.05) is 16.5 Å². The Morgan fingerprint density at radius 2 is 2.00 bits per heavy atom. The van der Waals surface area contributed by atoms with Crippen LogP contribution in [-0.4, -0.2) is 9.97 Å². The molecule has 5 nitrogen and oxygen atoms in total. The van der Waals surface area contributed by atoms with Crippen molar-refractivity contribution in [1.29, 1.82) is 0 Å². The normalized spacial score (nSPS) is 16.7. The molecule has 0 fully saturated rings. The molecule has 0 bridgehead atoms. The molecule has 0 saturated heterocycles. The van der Waals surface area contributed by atoms with Crippen molar-refractivity contribution in [3.05, 3.63) is 55.2 Å². The maximum Gasteiger partial charge on any atom is 0.328 e. The summed E-state index contributed by atoms with van der Waals surface area (Å²) in [5.41, 5.74) is 0.0997. The molecule has 1 aromatic carbocycles. The Morgan fingerprint density at radius 1 is 1.22 bits per heavy atom. The molecule has 0 aliphatic carbocycles. The Balaban J connectivity index is 2.32. The van der Waals surface area contributed by atoms with Crippen LogP contribution >= 0.6 is 11.6 Å². The molecule has 0 amide bonds. The Morgan fingerprint density at radius 3 is 2.78 bits per heavy atom. The maximum atomic E-state index is 11.8.